The molecule has 0 aliphatic heterocycles. The molecule has 3 heteroatoms. The van der Waals surface area contributed by atoms with E-state index in [1.54, 1.807) is 6.20 Å². The number of nitrogens with two attached hydrogens (primary N) is 1. The molecular weight excluding hydrogens is 234 g/mol. The van der Waals surface area contributed by atoms with Gasteiger partial charge in [-0.1, -0.05) is 26.2 Å². The molecule has 0 radical (unpaired) electrons. The molecule has 19 heavy (non-hydrogen) atoms. The van der Waals surface area contributed by atoms with Crippen LogP contribution in [0.15, 0.2) is 18.5 Å². The molecule has 0 amide bonds. The van der Waals surface area contributed by atoms with Gasteiger partial charge in [-0.25, -0.2) is 0 Å². The Kier molecular flexibility index (Phi) is 5.64. The van der Waals surface area contributed by atoms with Crippen molar-refractivity contribution in [3.05, 3.63) is 24.0 Å². The summed E-state index contributed by atoms with van der Waals surface area (Å²) in [5.41, 5.74) is 8.16. The van der Waals surface area contributed by atoms with Crippen LogP contribution in [0.1, 0.15) is 51.0 Å². The summed E-state index contributed by atoms with van der Waals surface area (Å²) in [5, 5.41) is 3.69. The van der Waals surface area contributed by atoms with Gasteiger partial charge in [0, 0.05) is 24.1 Å². The standard InChI is InChI=1S/C16H27N3/c1-2-8-19-15-6-4-3-5-13(11-15)10-14-12-18-9-7-16(14)17/h7,9,12-13,15,19H,2-6,8,10-11H2,1H3,(H2,17,18). The zero-order chi connectivity index (χ0) is 13.5. The Balaban J connectivity index is 1.93. The highest BCUT2D eigenvalue weighted by molar-refractivity contribution is 5.44. The van der Waals surface area contributed by atoms with E-state index in [9.17, 15) is 0 Å². The zero-order valence-electron chi connectivity index (χ0n) is 12.1. The van der Waals surface area contributed by atoms with Gasteiger partial charge >= 0.3 is 0 Å². The minimum absolute atomic E-state index is 0.699. The molecular formula is C16H27N3. The van der Waals surface area contributed by atoms with Gasteiger partial charge < -0.3 is 11.1 Å². The molecule has 0 aromatic carbocycles. The molecule has 0 saturated heterocycles. The van der Waals surface area contributed by atoms with Gasteiger partial charge in [-0.3, -0.25) is 4.98 Å². The van der Waals surface area contributed by atoms with E-state index in [0.29, 0.717) is 6.04 Å². The van der Waals surface area contributed by atoms with Crippen molar-refractivity contribution in [2.24, 2.45) is 5.92 Å². The molecule has 3 N–H and O–H groups in total. The summed E-state index contributed by atoms with van der Waals surface area (Å²) in [4.78, 5) is 4.21. The number of aromatic nitrogens is 1. The summed E-state index contributed by atoms with van der Waals surface area (Å²) in [6.45, 7) is 3.38. The van der Waals surface area contributed by atoms with Crippen LogP contribution in [0.4, 0.5) is 5.69 Å². The van der Waals surface area contributed by atoms with Crippen molar-refractivity contribution in [1.29, 1.82) is 0 Å². The maximum absolute atomic E-state index is 6.04. The van der Waals surface area contributed by atoms with Gasteiger partial charge in [-0.15, -0.1) is 0 Å². The maximum Gasteiger partial charge on any atom is 0.0377 e. The molecule has 1 aliphatic carbocycles. The monoisotopic (exact) mass is 261 g/mol. The van der Waals surface area contributed by atoms with Crippen LogP contribution in [-0.4, -0.2) is 17.6 Å². The van der Waals surface area contributed by atoms with Crippen LogP contribution in [0, 0.1) is 5.92 Å². The number of nitrogen functional groups attached to an aromatic ring is 1. The lowest BCUT2D eigenvalue weighted by atomic mass is 9.91. The van der Waals surface area contributed by atoms with Crippen molar-refractivity contribution >= 4 is 5.69 Å². The van der Waals surface area contributed by atoms with Crippen LogP contribution < -0.4 is 11.1 Å². The van der Waals surface area contributed by atoms with Gasteiger partial charge in [0.05, 0.1) is 0 Å². The molecule has 1 aromatic rings. The Bertz CT molecular complexity index is 378. The number of nitrogens with zero attached hydrogens (tertiary/aromatic N) is 1. The van der Waals surface area contributed by atoms with Gasteiger partial charge in [0.15, 0.2) is 0 Å². The SMILES string of the molecule is CCCNC1CCCCC(Cc2cnccc2N)C1. The van der Waals surface area contributed by atoms with Crippen molar-refractivity contribution in [2.75, 3.05) is 12.3 Å². The molecule has 0 spiro atoms. The third-order valence-corrected chi connectivity index (χ3v) is 4.17. The smallest absolute Gasteiger partial charge is 0.0377 e. The van der Waals surface area contributed by atoms with Crippen LogP contribution in [-0.2, 0) is 6.42 Å². The van der Waals surface area contributed by atoms with Crippen LogP contribution in [0.25, 0.3) is 0 Å². The summed E-state index contributed by atoms with van der Waals surface area (Å²) in [6, 6.07) is 2.61. The molecule has 2 unspecified atom stereocenters. The van der Waals surface area contributed by atoms with Gasteiger partial charge in [-0.2, -0.15) is 0 Å². The van der Waals surface area contributed by atoms with E-state index in [2.05, 4.69) is 17.2 Å². The molecule has 1 aliphatic rings. The first-order valence-corrected chi connectivity index (χ1v) is 7.71. The Morgan fingerprint density at radius 2 is 2.21 bits per heavy atom. The van der Waals surface area contributed by atoms with Crippen molar-refractivity contribution in [1.82, 2.24) is 10.3 Å². The minimum atomic E-state index is 0.699. The molecule has 1 fully saturated rings. The zero-order valence-corrected chi connectivity index (χ0v) is 12.1. The van der Waals surface area contributed by atoms with Gasteiger partial charge in [0.25, 0.3) is 0 Å². The summed E-state index contributed by atoms with van der Waals surface area (Å²) >= 11 is 0. The third kappa shape index (κ3) is 4.50. The van der Waals surface area contributed by atoms with E-state index in [0.717, 1.165) is 24.6 Å². The molecule has 0 bridgehead atoms. The van der Waals surface area contributed by atoms with Crippen molar-refractivity contribution in [3.8, 4) is 0 Å². The molecule has 2 atom stereocenters. The van der Waals surface area contributed by atoms with Gasteiger partial charge in [0.1, 0.15) is 0 Å². The van der Waals surface area contributed by atoms with Crippen LogP contribution in [0.5, 0.6) is 0 Å². The van der Waals surface area contributed by atoms with Crippen LogP contribution >= 0.6 is 0 Å². The van der Waals surface area contributed by atoms with Gasteiger partial charge in [-0.05, 0) is 49.8 Å². The average Bonchev–Trinajstić information content (AvgIpc) is 2.64. The third-order valence-electron chi connectivity index (χ3n) is 4.17. The maximum atomic E-state index is 6.04. The summed E-state index contributed by atoms with van der Waals surface area (Å²) in [7, 11) is 0. The summed E-state index contributed by atoms with van der Waals surface area (Å²) in [6.07, 6.45) is 12.7. The predicted molar refractivity (Wildman–Crippen MR) is 81.0 cm³/mol. The van der Waals surface area contributed by atoms with Crippen LogP contribution in [0.2, 0.25) is 0 Å². The summed E-state index contributed by atoms with van der Waals surface area (Å²) < 4.78 is 0. The number of hydrogen-bond acceptors (Lipinski definition) is 3. The van der Waals surface area contributed by atoms with E-state index in [1.807, 2.05) is 12.3 Å². The van der Waals surface area contributed by atoms with E-state index in [4.69, 9.17) is 5.73 Å². The Morgan fingerprint density at radius 3 is 3.00 bits per heavy atom. The van der Waals surface area contributed by atoms with E-state index >= 15 is 0 Å². The number of hydrogen-bond donors (Lipinski definition) is 2. The highest BCUT2D eigenvalue weighted by atomic mass is 14.9. The van der Waals surface area contributed by atoms with E-state index in [-0.39, 0.29) is 0 Å². The molecule has 2 rings (SSSR count). The number of pyridine rings is 1. The fourth-order valence-electron chi connectivity index (χ4n) is 3.10. The Hall–Kier alpha value is -1.09. The predicted octanol–water partition coefficient (Wildman–Crippen LogP) is 3.15. The topological polar surface area (TPSA) is 50.9 Å². The van der Waals surface area contributed by atoms with E-state index in [1.165, 1.54) is 44.1 Å². The Labute approximate surface area is 117 Å². The molecule has 3 nitrogen and oxygen atoms in total. The highest BCUT2D eigenvalue weighted by Gasteiger charge is 2.20. The Morgan fingerprint density at radius 1 is 1.37 bits per heavy atom. The fraction of sp³-hybridized carbons (Fsp3) is 0.688. The number of nitrogens with one attached hydrogen (secondary N) is 1. The molecule has 106 valence electrons. The molecule has 1 aromatic heterocycles. The second-order valence-electron chi connectivity index (χ2n) is 5.82. The second kappa shape index (κ2) is 7.49. The van der Waals surface area contributed by atoms with Crippen molar-refractivity contribution in [2.45, 2.75) is 57.9 Å². The highest BCUT2D eigenvalue weighted by Crippen LogP contribution is 2.27. The average molecular weight is 261 g/mol. The normalized spacial score (nSPS) is 24.1. The van der Waals surface area contributed by atoms with Crippen molar-refractivity contribution < 1.29 is 0 Å². The first-order valence-electron chi connectivity index (χ1n) is 7.71. The van der Waals surface area contributed by atoms with Crippen molar-refractivity contribution in [3.63, 3.8) is 0 Å². The minimum Gasteiger partial charge on any atom is -0.398 e. The summed E-state index contributed by atoms with van der Waals surface area (Å²) in [5.74, 6) is 0.753. The molecule has 1 saturated carbocycles. The van der Waals surface area contributed by atoms with Gasteiger partial charge in [0.2, 0.25) is 0 Å². The van der Waals surface area contributed by atoms with E-state index < -0.39 is 0 Å². The second-order valence-corrected chi connectivity index (χ2v) is 5.82. The number of anilines is 1. The first kappa shape index (κ1) is 14.3. The molecule has 1 heterocycles. The lowest BCUT2D eigenvalue weighted by molar-refractivity contribution is 0.384. The lowest BCUT2D eigenvalue weighted by Gasteiger charge is -2.21. The lowest BCUT2D eigenvalue weighted by Crippen LogP contribution is -2.31. The fourth-order valence-corrected chi connectivity index (χ4v) is 3.10. The van der Waals surface area contributed by atoms with Crippen LogP contribution in [0.3, 0.4) is 0 Å². The first-order chi connectivity index (χ1) is 9.29. The largest absolute Gasteiger partial charge is 0.398 e. The number of rotatable bonds is 5. The quantitative estimate of drug-likeness (QED) is 0.801.